The Morgan fingerprint density at radius 2 is 1.93 bits per heavy atom. The lowest BCUT2D eigenvalue weighted by Gasteiger charge is -2.36. The number of hydrogen-bond donors (Lipinski definition) is 2. The summed E-state index contributed by atoms with van der Waals surface area (Å²) in [5.41, 5.74) is 0. The van der Waals surface area contributed by atoms with Crippen LogP contribution in [0, 0.1) is 5.92 Å². The molecule has 4 heterocycles. The second-order valence-electron chi connectivity index (χ2n) is 8.50. The summed E-state index contributed by atoms with van der Waals surface area (Å²) >= 11 is 5.48. The van der Waals surface area contributed by atoms with E-state index in [1.807, 2.05) is 12.1 Å². The molecule has 0 bridgehead atoms. The Kier molecular flexibility index (Phi) is 6.72. The van der Waals surface area contributed by atoms with Crippen LogP contribution in [0.5, 0.6) is 0 Å². The van der Waals surface area contributed by atoms with Crippen molar-refractivity contribution >= 4 is 34.9 Å². The number of nitrogens with zero attached hydrogens (tertiary/aromatic N) is 4. The van der Waals surface area contributed by atoms with Gasteiger partial charge >= 0.3 is 0 Å². The summed E-state index contributed by atoms with van der Waals surface area (Å²) in [5, 5.41) is 6.85. The van der Waals surface area contributed by atoms with Crippen LogP contribution in [0.4, 0.5) is 17.6 Å². The Bertz CT molecular complexity index is 834. The Hall–Kier alpha value is -2.35. The molecule has 2 aliphatic heterocycles. The number of nitrogens with one attached hydrogen (secondary N) is 2. The molecule has 0 aromatic carbocycles. The fraction of sp³-hybridized carbons (Fsp3) is 0.591. The summed E-state index contributed by atoms with van der Waals surface area (Å²) in [4.78, 5) is 14.4. The van der Waals surface area contributed by atoms with Crippen LogP contribution in [0.2, 0.25) is 0 Å². The van der Waals surface area contributed by atoms with Gasteiger partial charge in [-0.25, -0.2) is 0 Å². The number of piperidine rings is 2. The highest BCUT2D eigenvalue weighted by molar-refractivity contribution is 7.80. The second kappa shape index (κ2) is 9.64. The van der Waals surface area contributed by atoms with Crippen molar-refractivity contribution in [3.63, 3.8) is 0 Å². The summed E-state index contributed by atoms with van der Waals surface area (Å²) in [7, 11) is 0. The molecule has 4 rings (SSSR count). The minimum atomic E-state index is 0.486. The Morgan fingerprint density at radius 3 is 2.67 bits per heavy atom. The first-order chi connectivity index (χ1) is 14.6. The zero-order valence-electron chi connectivity index (χ0n) is 17.9. The zero-order chi connectivity index (χ0) is 20.9. The number of anilines is 3. The fourth-order valence-corrected chi connectivity index (χ4v) is 4.35. The molecule has 2 saturated heterocycles. The summed E-state index contributed by atoms with van der Waals surface area (Å²) < 4.78 is 5.36. The molecule has 1 atom stereocenters. The van der Waals surface area contributed by atoms with Crippen LogP contribution in [0.15, 0.2) is 28.9 Å². The van der Waals surface area contributed by atoms with E-state index in [0.717, 1.165) is 42.9 Å². The van der Waals surface area contributed by atoms with E-state index in [0.29, 0.717) is 23.6 Å². The van der Waals surface area contributed by atoms with Crippen LogP contribution in [-0.4, -0.2) is 40.8 Å². The molecule has 0 amide bonds. The monoisotopic (exact) mass is 428 g/mol. The van der Waals surface area contributed by atoms with E-state index < -0.39 is 0 Å². The van der Waals surface area contributed by atoms with E-state index in [2.05, 4.69) is 40.3 Å². The van der Waals surface area contributed by atoms with Crippen molar-refractivity contribution in [1.29, 1.82) is 0 Å². The lowest BCUT2D eigenvalue weighted by molar-refractivity contribution is 0.436. The van der Waals surface area contributed by atoms with Gasteiger partial charge in [-0.1, -0.05) is 6.92 Å². The maximum atomic E-state index is 5.48. The van der Waals surface area contributed by atoms with Gasteiger partial charge in [-0.05, 0) is 69.3 Å². The van der Waals surface area contributed by atoms with Gasteiger partial charge in [0.05, 0.1) is 12.8 Å². The molecule has 2 fully saturated rings. The van der Waals surface area contributed by atoms with Gasteiger partial charge in [-0.15, -0.1) is 0 Å². The maximum absolute atomic E-state index is 5.48. The SMILES string of the molecule is CC1CCN(c2cc(N3CCCCC3C)nc(NC(=S)NCc3ccco3)n2)CC1. The number of furan rings is 1. The molecule has 0 spiro atoms. The minimum absolute atomic E-state index is 0.486. The van der Waals surface area contributed by atoms with Crippen LogP contribution >= 0.6 is 12.2 Å². The van der Waals surface area contributed by atoms with E-state index in [1.165, 1.54) is 32.1 Å². The van der Waals surface area contributed by atoms with Gasteiger partial charge in [-0.3, -0.25) is 0 Å². The molecule has 2 aliphatic rings. The molecular formula is C22H32N6OS. The summed E-state index contributed by atoms with van der Waals surface area (Å²) in [6.45, 7) is 8.25. The van der Waals surface area contributed by atoms with Crippen molar-refractivity contribution in [2.45, 2.75) is 58.5 Å². The number of rotatable bonds is 5. The third-order valence-corrected chi connectivity index (χ3v) is 6.38. The number of hydrogen-bond acceptors (Lipinski definition) is 6. The van der Waals surface area contributed by atoms with Crippen molar-refractivity contribution < 1.29 is 4.42 Å². The van der Waals surface area contributed by atoms with E-state index in [1.54, 1.807) is 6.26 Å². The average Bonchev–Trinajstić information content (AvgIpc) is 3.27. The first-order valence-electron chi connectivity index (χ1n) is 11.1. The highest BCUT2D eigenvalue weighted by Gasteiger charge is 2.24. The summed E-state index contributed by atoms with van der Waals surface area (Å²) in [5.74, 6) is 4.14. The lowest BCUT2D eigenvalue weighted by atomic mass is 9.99. The normalized spacial score (nSPS) is 20.3. The first-order valence-corrected chi connectivity index (χ1v) is 11.5. The molecule has 2 N–H and O–H groups in total. The molecule has 2 aromatic heterocycles. The third-order valence-electron chi connectivity index (χ3n) is 6.13. The quantitative estimate of drug-likeness (QED) is 0.688. The van der Waals surface area contributed by atoms with Crippen molar-refractivity contribution in [2.24, 2.45) is 5.92 Å². The molecule has 2 aromatic rings. The smallest absolute Gasteiger partial charge is 0.232 e. The van der Waals surface area contributed by atoms with Crippen LogP contribution in [-0.2, 0) is 6.54 Å². The minimum Gasteiger partial charge on any atom is -0.467 e. The van der Waals surface area contributed by atoms with Crippen LogP contribution in [0.1, 0.15) is 51.7 Å². The standard InChI is InChI=1S/C22H32N6OS/c1-16-8-11-27(12-9-16)19-14-20(28-10-4-3-6-17(28)2)25-21(24-19)26-22(30)23-15-18-7-5-13-29-18/h5,7,13-14,16-17H,3-4,6,8-12,15H2,1-2H3,(H2,23,24,25,26,30). The number of aromatic nitrogens is 2. The first kappa shape index (κ1) is 20.9. The summed E-state index contributed by atoms with van der Waals surface area (Å²) in [6.07, 6.45) is 7.75. The highest BCUT2D eigenvalue weighted by Crippen LogP contribution is 2.29. The van der Waals surface area contributed by atoms with Gasteiger partial charge in [0.1, 0.15) is 17.4 Å². The maximum Gasteiger partial charge on any atom is 0.232 e. The largest absolute Gasteiger partial charge is 0.467 e. The fourth-order valence-electron chi connectivity index (χ4n) is 4.19. The van der Waals surface area contributed by atoms with Gasteiger partial charge < -0.3 is 24.9 Å². The highest BCUT2D eigenvalue weighted by atomic mass is 32.1. The summed E-state index contributed by atoms with van der Waals surface area (Å²) in [6, 6.07) is 6.42. The molecule has 0 aliphatic carbocycles. The Morgan fingerprint density at radius 1 is 1.13 bits per heavy atom. The van der Waals surface area contributed by atoms with Crippen LogP contribution in [0.25, 0.3) is 0 Å². The molecule has 8 heteroatoms. The van der Waals surface area contributed by atoms with Crippen molar-refractivity contribution in [3.05, 3.63) is 30.2 Å². The zero-order valence-corrected chi connectivity index (χ0v) is 18.7. The van der Waals surface area contributed by atoms with Gasteiger partial charge in [0.15, 0.2) is 5.11 Å². The van der Waals surface area contributed by atoms with Crippen molar-refractivity contribution in [3.8, 4) is 0 Å². The predicted molar refractivity (Wildman–Crippen MR) is 125 cm³/mol. The van der Waals surface area contributed by atoms with E-state index in [9.17, 15) is 0 Å². The Labute approximate surface area is 184 Å². The van der Waals surface area contributed by atoms with Crippen LogP contribution < -0.4 is 20.4 Å². The topological polar surface area (TPSA) is 69.5 Å². The third kappa shape index (κ3) is 5.22. The predicted octanol–water partition coefficient (Wildman–Crippen LogP) is 4.17. The van der Waals surface area contributed by atoms with Gasteiger partial charge in [0.25, 0.3) is 0 Å². The van der Waals surface area contributed by atoms with Gasteiger partial charge in [0.2, 0.25) is 5.95 Å². The molecule has 7 nitrogen and oxygen atoms in total. The van der Waals surface area contributed by atoms with Crippen molar-refractivity contribution in [1.82, 2.24) is 15.3 Å². The molecule has 0 radical (unpaired) electrons. The van der Waals surface area contributed by atoms with Gasteiger partial charge in [0, 0.05) is 31.7 Å². The Balaban J connectivity index is 1.52. The number of thiocarbonyl (C=S) groups is 1. The molecular weight excluding hydrogens is 396 g/mol. The van der Waals surface area contributed by atoms with Gasteiger partial charge in [-0.2, -0.15) is 9.97 Å². The lowest BCUT2D eigenvalue weighted by Crippen LogP contribution is -2.39. The van der Waals surface area contributed by atoms with E-state index >= 15 is 0 Å². The molecule has 30 heavy (non-hydrogen) atoms. The van der Waals surface area contributed by atoms with Crippen LogP contribution in [0.3, 0.4) is 0 Å². The second-order valence-corrected chi connectivity index (χ2v) is 8.91. The molecule has 1 unspecified atom stereocenters. The van der Waals surface area contributed by atoms with E-state index in [-0.39, 0.29) is 0 Å². The van der Waals surface area contributed by atoms with Crippen molar-refractivity contribution in [2.75, 3.05) is 34.8 Å². The molecule has 162 valence electrons. The van der Waals surface area contributed by atoms with E-state index in [4.69, 9.17) is 26.6 Å². The average molecular weight is 429 g/mol. The molecule has 0 saturated carbocycles.